The molecule has 110 valence electrons. The number of benzene rings is 1. The van der Waals surface area contributed by atoms with Crippen LogP contribution in [0.25, 0.3) is 0 Å². The quantitative estimate of drug-likeness (QED) is 0.639. The summed E-state index contributed by atoms with van der Waals surface area (Å²) in [6.45, 7) is 5.96. The van der Waals surface area contributed by atoms with E-state index in [-0.39, 0.29) is 0 Å². The lowest BCUT2D eigenvalue weighted by molar-refractivity contribution is 0.766. The summed E-state index contributed by atoms with van der Waals surface area (Å²) < 4.78 is 0. The fourth-order valence-corrected chi connectivity index (χ4v) is 2.12. The van der Waals surface area contributed by atoms with Gasteiger partial charge in [-0.3, -0.25) is 0 Å². The zero-order chi connectivity index (χ0) is 14.5. The van der Waals surface area contributed by atoms with Crippen molar-refractivity contribution < 1.29 is 0 Å². The number of anilines is 1. The molecular formula is C16H26N4. The first-order chi connectivity index (χ1) is 9.60. The van der Waals surface area contributed by atoms with E-state index in [1.54, 1.807) is 0 Å². The van der Waals surface area contributed by atoms with Crippen molar-refractivity contribution in [3.63, 3.8) is 0 Å². The number of nitrogens with one attached hydrogen (secondary N) is 2. The van der Waals surface area contributed by atoms with Gasteiger partial charge in [-0.2, -0.15) is 0 Å². The molecule has 1 aromatic rings. The summed E-state index contributed by atoms with van der Waals surface area (Å²) in [6, 6.07) is 9.11. The lowest BCUT2D eigenvalue weighted by atomic mass is 10.2. The third kappa shape index (κ3) is 4.15. The Hall–Kier alpha value is -1.71. The Labute approximate surface area is 122 Å². The van der Waals surface area contributed by atoms with Crippen LogP contribution in [0.3, 0.4) is 0 Å². The average Bonchev–Trinajstić information content (AvgIpc) is 3.12. The summed E-state index contributed by atoms with van der Waals surface area (Å²) in [5, 5.41) is 6.79. The van der Waals surface area contributed by atoms with Crippen LogP contribution in [0.2, 0.25) is 0 Å². The number of nitrogens with zero attached hydrogens (tertiary/aromatic N) is 2. The maximum absolute atomic E-state index is 4.67. The van der Waals surface area contributed by atoms with Crippen LogP contribution in [0.5, 0.6) is 0 Å². The van der Waals surface area contributed by atoms with Crippen molar-refractivity contribution in [3.05, 3.63) is 29.8 Å². The molecule has 0 heterocycles. The Balaban J connectivity index is 1.98. The van der Waals surface area contributed by atoms with E-state index in [2.05, 4.69) is 72.7 Å². The summed E-state index contributed by atoms with van der Waals surface area (Å²) in [4.78, 5) is 6.79. The molecule has 2 N–H and O–H groups in total. The smallest absolute Gasteiger partial charge is 0.191 e. The van der Waals surface area contributed by atoms with Crippen LogP contribution in [0.15, 0.2) is 29.3 Å². The molecular weight excluding hydrogens is 248 g/mol. The topological polar surface area (TPSA) is 39.7 Å². The van der Waals surface area contributed by atoms with E-state index in [1.807, 2.05) is 0 Å². The maximum Gasteiger partial charge on any atom is 0.191 e. The molecule has 0 amide bonds. The van der Waals surface area contributed by atoms with Crippen LogP contribution in [-0.2, 0) is 6.54 Å². The van der Waals surface area contributed by atoms with E-state index >= 15 is 0 Å². The van der Waals surface area contributed by atoms with E-state index in [0.717, 1.165) is 18.4 Å². The fourth-order valence-electron chi connectivity index (χ4n) is 2.12. The number of aliphatic imine (C=N–C) groups is 1. The average molecular weight is 274 g/mol. The highest BCUT2D eigenvalue weighted by Gasteiger charge is 2.33. The van der Waals surface area contributed by atoms with Crippen molar-refractivity contribution >= 4 is 11.6 Å². The summed E-state index contributed by atoms with van der Waals surface area (Å²) in [6.07, 6.45) is 1.25. The van der Waals surface area contributed by atoms with Gasteiger partial charge in [-0.25, -0.2) is 4.99 Å². The Bertz CT molecular complexity index is 467. The van der Waals surface area contributed by atoms with E-state index in [1.165, 1.54) is 17.7 Å². The zero-order valence-electron chi connectivity index (χ0n) is 13.0. The van der Waals surface area contributed by atoms with Gasteiger partial charge < -0.3 is 15.5 Å². The van der Waals surface area contributed by atoms with Crippen LogP contribution >= 0.6 is 0 Å². The second kappa shape index (κ2) is 6.64. The van der Waals surface area contributed by atoms with Crippen molar-refractivity contribution in [2.24, 2.45) is 10.9 Å². The molecule has 0 radical (unpaired) electrons. The molecule has 0 aromatic heterocycles. The van der Waals surface area contributed by atoms with E-state index in [9.17, 15) is 0 Å². The van der Waals surface area contributed by atoms with Crippen molar-refractivity contribution in [1.29, 1.82) is 0 Å². The molecule has 20 heavy (non-hydrogen) atoms. The first-order valence-corrected chi connectivity index (χ1v) is 7.41. The standard InChI is InChI=1S/C16H26N4/c1-5-17-16(19-15-9-12(15)2)18-11-13-7-6-8-14(10-13)20(3)4/h6-8,10,12,15H,5,9,11H2,1-4H3,(H2,17,18,19). The molecule has 2 atom stereocenters. The summed E-state index contributed by atoms with van der Waals surface area (Å²) >= 11 is 0. The van der Waals surface area contributed by atoms with Crippen LogP contribution in [0.4, 0.5) is 5.69 Å². The first-order valence-electron chi connectivity index (χ1n) is 7.41. The molecule has 2 unspecified atom stereocenters. The summed E-state index contributed by atoms with van der Waals surface area (Å²) in [5.41, 5.74) is 2.45. The van der Waals surface area contributed by atoms with E-state index in [4.69, 9.17) is 0 Å². The lowest BCUT2D eigenvalue weighted by Crippen LogP contribution is -2.39. The van der Waals surface area contributed by atoms with E-state index in [0.29, 0.717) is 12.6 Å². The Kier molecular flexibility index (Phi) is 4.88. The molecule has 2 rings (SSSR count). The number of guanidine groups is 1. The van der Waals surface area contributed by atoms with Crippen molar-refractivity contribution in [2.75, 3.05) is 25.5 Å². The monoisotopic (exact) mass is 274 g/mol. The van der Waals surface area contributed by atoms with Gasteiger partial charge >= 0.3 is 0 Å². The molecule has 1 fully saturated rings. The minimum Gasteiger partial charge on any atom is -0.378 e. The van der Waals surface area contributed by atoms with Gasteiger partial charge in [0.2, 0.25) is 0 Å². The van der Waals surface area contributed by atoms with Crippen molar-refractivity contribution in [1.82, 2.24) is 10.6 Å². The van der Waals surface area contributed by atoms with Gasteiger partial charge in [0.25, 0.3) is 0 Å². The SMILES string of the molecule is CCNC(=NCc1cccc(N(C)C)c1)NC1CC1C. The van der Waals surface area contributed by atoms with Gasteiger partial charge in [0, 0.05) is 32.4 Å². The normalized spacial score (nSPS) is 21.5. The second-order valence-electron chi connectivity index (χ2n) is 5.72. The maximum atomic E-state index is 4.67. The molecule has 1 aliphatic rings. The minimum absolute atomic E-state index is 0.598. The van der Waals surface area contributed by atoms with Gasteiger partial charge in [-0.05, 0) is 37.0 Å². The van der Waals surface area contributed by atoms with Crippen LogP contribution in [0, 0.1) is 5.92 Å². The predicted octanol–water partition coefficient (Wildman–Crippen LogP) is 2.22. The van der Waals surface area contributed by atoms with Gasteiger partial charge in [0.05, 0.1) is 6.54 Å². The molecule has 0 aliphatic heterocycles. The highest BCUT2D eigenvalue weighted by Crippen LogP contribution is 2.28. The fraction of sp³-hybridized carbons (Fsp3) is 0.562. The highest BCUT2D eigenvalue weighted by molar-refractivity contribution is 5.80. The highest BCUT2D eigenvalue weighted by atomic mass is 15.2. The Morgan fingerprint density at radius 2 is 2.15 bits per heavy atom. The number of hydrogen-bond donors (Lipinski definition) is 2. The zero-order valence-corrected chi connectivity index (χ0v) is 13.0. The third-order valence-electron chi connectivity index (χ3n) is 3.62. The molecule has 0 bridgehead atoms. The molecule has 0 spiro atoms. The van der Waals surface area contributed by atoms with Gasteiger partial charge in [-0.1, -0.05) is 19.1 Å². The Morgan fingerprint density at radius 3 is 2.75 bits per heavy atom. The molecule has 4 nitrogen and oxygen atoms in total. The Morgan fingerprint density at radius 1 is 1.40 bits per heavy atom. The molecule has 1 aromatic carbocycles. The molecule has 1 aliphatic carbocycles. The summed E-state index contributed by atoms with van der Waals surface area (Å²) in [5.74, 6) is 1.70. The lowest BCUT2D eigenvalue weighted by Gasteiger charge is -2.14. The van der Waals surface area contributed by atoms with Crippen molar-refractivity contribution in [3.8, 4) is 0 Å². The van der Waals surface area contributed by atoms with Crippen LogP contribution in [0.1, 0.15) is 25.8 Å². The molecule has 0 saturated heterocycles. The second-order valence-corrected chi connectivity index (χ2v) is 5.72. The minimum atomic E-state index is 0.598. The van der Waals surface area contributed by atoms with Crippen LogP contribution < -0.4 is 15.5 Å². The number of hydrogen-bond acceptors (Lipinski definition) is 2. The predicted molar refractivity (Wildman–Crippen MR) is 86.3 cm³/mol. The van der Waals surface area contributed by atoms with E-state index < -0.39 is 0 Å². The van der Waals surface area contributed by atoms with Crippen molar-refractivity contribution in [2.45, 2.75) is 32.9 Å². The van der Waals surface area contributed by atoms with Gasteiger partial charge in [0.15, 0.2) is 5.96 Å². The molecule has 1 saturated carbocycles. The summed E-state index contributed by atoms with van der Waals surface area (Å²) in [7, 11) is 4.12. The largest absolute Gasteiger partial charge is 0.378 e. The number of rotatable bonds is 5. The van der Waals surface area contributed by atoms with Gasteiger partial charge in [-0.15, -0.1) is 0 Å². The van der Waals surface area contributed by atoms with Crippen LogP contribution in [-0.4, -0.2) is 32.6 Å². The third-order valence-corrected chi connectivity index (χ3v) is 3.62. The first kappa shape index (κ1) is 14.7. The van der Waals surface area contributed by atoms with Gasteiger partial charge in [0.1, 0.15) is 0 Å². The molecule has 4 heteroatoms.